The summed E-state index contributed by atoms with van der Waals surface area (Å²) in [6, 6.07) is 10.8. The van der Waals surface area contributed by atoms with Crippen LogP contribution in [0.25, 0.3) is 0 Å². The van der Waals surface area contributed by atoms with Crippen molar-refractivity contribution < 1.29 is 19.0 Å². The van der Waals surface area contributed by atoms with E-state index in [4.69, 9.17) is 14.2 Å². The summed E-state index contributed by atoms with van der Waals surface area (Å²) in [5.41, 5.74) is 1.23. The lowest BCUT2D eigenvalue weighted by Crippen LogP contribution is -2.45. The first-order valence-electron chi connectivity index (χ1n) is 9.12. The number of nitrogens with one attached hydrogen (secondary N) is 1. The SMILES string of the molecule is COc1ccc(C(=O)Nc2ccc(N3CCC4(CC3)OCCO4)nc2)cc1. The Morgan fingerprint density at radius 2 is 1.81 bits per heavy atom. The number of carbonyl (C=O) groups excluding carboxylic acids is 1. The van der Waals surface area contributed by atoms with Gasteiger partial charge in [-0.15, -0.1) is 0 Å². The number of benzene rings is 1. The van der Waals surface area contributed by atoms with Gasteiger partial charge in [0.2, 0.25) is 0 Å². The fourth-order valence-corrected chi connectivity index (χ4v) is 3.45. The van der Waals surface area contributed by atoms with Gasteiger partial charge in [-0.3, -0.25) is 4.79 Å². The van der Waals surface area contributed by atoms with E-state index in [0.717, 1.165) is 31.7 Å². The number of rotatable bonds is 4. The molecular formula is C20H23N3O4. The summed E-state index contributed by atoms with van der Waals surface area (Å²) >= 11 is 0. The summed E-state index contributed by atoms with van der Waals surface area (Å²) in [6.07, 6.45) is 3.36. The van der Waals surface area contributed by atoms with Crippen molar-refractivity contribution in [3.63, 3.8) is 0 Å². The predicted molar refractivity (Wildman–Crippen MR) is 101 cm³/mol. The van der Waals surface area contributed by atoms with E-state index in [2.05, 4.69) is 15.2 Å². The third kappa shape index (κ3) is 3.89. The maximum atomic E-state index is 12.3. The molecule has 0 radical (unpaired) electrons. The monoisotopic (exact) mass is 369 g/mol. The van der Waals surface area contributed by atoms with Gasteiger partial charge in [0.05, 0.1) is 32.2 Å². The molecule has 1 spiro atoms. The van der Waals surface area contributed by atoms with Crippen molar-refractivity contribution in [2.24, 2.45) is 0 Å². The highest BCUT2D eigenvalue weighted by molar-refractivity contribution is 6.04. The number of hydrogen-bond acceptors (Lipinski definition) is 6. The van der Waals surface area contributed by atoms with E-state index in [9.17, 15) is 4.79 Å². The van der Waals surface area contributed by atoms with Crippen molar-refractivity contribution in [2.45, 2.75) is 18.6 Å². The van der Waals surface area contributed by atoms with E-state index in [-0.39, 0.29) is 11.7 Å². The zero-order chi connectivity index (χ0) is 18.7. The predicted octanol–water partition coefficient (Wildman–Crippen LogP) is 2.69. The molecule has 1 aromatic carbocycles. The van der Waals surface area contributed by atoms with Gasteiger partial charge in [-0.1, -0.05) is 0 Å². The minimum absolute atomic E-state index is 0.178. The third-order valence-corrected chi connectivity index (χ3v) is 5.02. The molecule has 2 fully saturated rings. The van der Waals surface area contributed by atoms with Crippen LogP contribution < -0.4 is 15.0 Å². The molecule has 4 rings (SSSR count). The van der Waals surface area contributed by atoms with Crippen LogP contribution in [0.5, 0.6) is 5.75 Å². The highest BCUT2D eigenvalue weighted by Crippen LogP contribution is 2.32. The fraction of sp³-hybridized carbons (Fsp3) is 0.400. The van der Waals surface area contributed by atoms with Crippen LogP contribution in [0.1, 0.15) is 23.2 Å². The van der Waals surface area contributed by atoms with Crippen molar-refractivity contribution in [3.05, 3.63) is 48.2 Å². The number of ether oxygens (including phenoxy) is 3. The molecule has 7 heteroatoms. The summed E-state index contributed by atoms with van der Waals surface area (Å²) in [5.74, 6) is 1.05. The first-order chi connectivity index (χ1) is 13.2. The molecule has 0 saturated carbocycles. The van der Waals surface area contributed by atoms with E-state index in [0.29, 0.717) is 30.2 Å². The third-order valence-electron chi connectivity index (χ3n) is 5.02. The van der Waals surface area contributed by atoms with Gasteiger partial charge in [-0.2, -0.15) is 0 Å². The first kappa shape index (κ1) is 17.8. The molecule has 2 aromatic rings. The van der Waals surface area contributed by atoms with Gasteiger partial charge in [0.15, 0.2) is 5.79 Å². The molecule has 0 atom stereocenters. The lowest BCUT2D eigenvalue weighted by molar-refractivity contribution is -0.169. The second-order valence-corrected chi connectivity index (χ2v) is 6.68. The van der Waals surface area contributed by atoms with Crippen molar-refractivity contribution in [1.29, 1.82) is 0 Å². The van der Waals surface area contributed by atoms with E-state index in [1.807, 2.05) is 12.1 Å². The molecule has 27 heavy (non-hydrogen) atoms. The van der Waals surface area contributed by atoms with Gasteiger partial charge in [-0.25, -0.2) is 4.98 Å². The van der Waals surface area contributed by atoms with Crippen molar-refractivity contribution >= 4 is 17.4 Å². The highest BCUT2D eigenvalue weighted by Gasteiger charge is 2.39. The van der Waals surface area contributed by atoms with Gasteiger partial charge in [0.25, 0.3) is 5.91 Å². The maximum Gasteiger partial charge on any atom is 0.255 e. The molecule has 0 unspecified atom stereocenters. The van der Waals surface area contributed by atoms with E-state index >= 15 is 0 Å². The lowest BCUT2D eigenvalue weighted by atomic mass is 10.0. The first-order valence-corrected chi connectivity index (χ1v) is 9.12. The summed E-state index contributed by atoms with van der Waals surface area (Å²) in [6.45, 7) is 3.04. The Hall–Kier alpha value is -2.64. The quantitative estimate of drug-likeness (QED) is 0.893. The van der Waals surface area contributed by atoms with Crippen LogP contribution in [0.2, 0.25) is 0 Å². The van der Waals surface area contributed by atoms with Crippen LogP contribution in [0.15, 0.2) is 42.6 Å². The number of carbonyl (C=O) groups is 1. The standard InChI is InChI=1S/C20H23N3O4/c1-25-17-5-2-15(3-6-17)19(24)22-16-4-7-18(21-14-16)23-10-8-20(9-11-23)26-12-13-27-20/h2-7,14H,8-13H2,1H3,(H,22,24). The molecule has 1 N–H and O–H groups in total. The summed E-state index contributed by atoms with van der Waals surface area (Å²) in [7, 11) is 1.60. The Morgan fingerprint density at radius 3 is 2.41 bits per heavy atom. The summed E-state index contributed by atoms with van der Waals surface area (Å²) in [4.78, 5) is 19.0. The van der Waals surface area contributed by atoms with Gasteiger partial charge < -0.3 is 24.4 Å². The number of amides is 1. The van der Waals surface area contributed by atoms with E-state index in [1.54, 1.807) is 37.6 Å². The summed E-state index contributed by atoms with van der Waals surface area (Å²) < 4.78 is 16.6. The normalized spacial score (nSPS) is 18.5. The second-order valence-electron chi connectivity index (χ2n) is 6.68. The van der Waals surface area contributed by atoms with Crippen molar-refractivity contribution in [2.75, 3.05) is 43.6 Å². The number of nitrogens with zero attached hydrogens (tertiary/aromatic N) is 2. The molecule has 1 aromatic heterocycles. The second kappa shape index (κ2) is 7.54. The molecule has 2 aliphatic heterocycles. The smallest absolute Gasteiger partial charge is 0.255 e. The molecule has 0 bridgehead atoms. The Morgan fingerprint density at radius 1 is 1.11 bits per heavy atom. The van der Waals surface area contributed by atoms with Crippen LogP contribution in [-0.2, 0) is 9.47 Å². The highest BCUT2D eigenvalue weighted by atomic mass is 16.7. The molecule has 1 amide bonds. The Kier molecular flexibility index (Phi) is 4.96. The number of methoxy groups -OCH3 is 1. The average Bonchev–Trinajstić information content (AvgIpc) is 3.17. The number of hydrogen-bond donors (Lipinski definition) is 1. The van der Waals surface area contributed by atoms with Crippen LogP contribution in [0.3, 0.4) is 0 Å². The zero-order valence-corrected chi connectivity index (χ0v) is 15.3. The molecule has 0 aliphatic carbocycles. The summed E-state index contributed by atoms with van der Waals surface area (Å²) in [5, 5.41) is 2.86. The largest absolute Gasteiger partial charge is 0.497 e. The molecule has 2 saturated heterocycles. The van der Waals surface area contributed by atoms with Gasteiger partial charge >= 0.3 is 0 Å². The van der Waals surface area contributed by atoms with Crippen LogP contribution >= 0.6 is 0 Å². The van der Waals surface area contributed by atoms with Crippen LogP contribution in [0.4, 0.5) is 11.5 Å². The van der Waals surface area contributed by atoms with Gasteiger partial charge in [-0.05, 0) is 36.4 Å². The Labute approximate surface area is 158 Å². The zero-order valence-electron chi connectivity index (χ0n) is 15.3. The average molecular weight is 369 g/mol. The van der Waals surface area contributed by atoms with Crippen LogP contribution in [-0.4, -0.2) is 50.1 Å². The van der Waals surface area contributed by atoms with E-state index in [1.165, 1.54) is 0 Å². The molecule has 7 nitrogen and oxygen atoms in total. The molecule has 2 aliphatic rings. The fourth-order valence-electron chi connectivity index (χ4n) is 3.45. The topological polar surface area (TPSA) is 72.9 Å². The number of piperidine rings is 1. The van der Waals surface area contributed by atoms with E-state index < -0.39 is 0 Å². The number of anilines is 2. The number of aromatic nitrogens is 1. The number of pyridine rings is 1. The minimum Gasteiger partial charge on any atom is -0.497 e. The minimum atomic E-state index is -0.386. The molecule has 142 valence electrons. The Balaban J connectivity index is 1.35. The Bertz CT molecular complexity index is 776. The van der Waals surface area contributed by atoms with Gasteiger partial charge in [0, 0.05) is 31.5 Å². The molecule has 3 heterocycles. The molecular weight excluding hydrogens is 346 g/mol. The maximum absolute atomic E-state index is 12.3. The van der Waals surface area contributed by atoms with Crippen LogP contribution in [0, 0.1) is 0 Å². The lowest BCUT2D eigenvalue weighted by Gasteiger charge is -2.38. The van der Waals surface area contributed by atoms with Gasteiger partial charge in [0.1, 0.15) is 11.6 Å². The van der Waals surface area contributed by atoms with Crippen molar-refractivity contribution in [1.82, 2.24) is 4.98 Å². The van der Waals surface area contributed by atoms with Crippen molar-refractivity contribution in [3.8, 4) is 5.75 Å².